The van der Waals surface area contributed by atoms with Crippen LogP contribution in [0, 0.1) is 5.41 Å². The van der Waals surface area contributed by atoms with Gasteiger partial charge in [0.05, 0.1) is 5.04 Å². The topological polar surface area (TPSA) is 64.0 Å². The van der Waals surface area contributed by atoms with Gasteiger partial charge in [0.1, 0.15) is 0 Å². The van der Waals surface area contributed by atoms with Gasteiger partial charge in [-0.05, 0) is 18.0 Å². The van der Waals surface area contributed by atoms with Crippen LogP contribution in [0.4, 0.5) is 0 Å². The summed E-state index contributed by atoms with van der Waals surface area (Å²) in [7, 11) is 0. The van der Waals surface area contributed by atoms with Crippen LogP contribution in [0.1, 0.15) is 6.92 Å². The van der Waals surface area contributed by atoms with Gasteiger partial charge in [-0.15, -0.1) is 0 Å². The lowest BCUT2D eigenvalue weighted by atomic mass is 10.9. The van der Waals surface area contributed by atoms with Crippen molar-refractivity contribution in [2.75, 3.05) is 0 Å². The van der Waals surface area contributed by atoms with E-state index in [-0.39, 0.29) is 5.04 Å². The number of hydrogen-bond donors (Lipinski definition) is 1. The Morgan fingerprint density at radius 1 is 2.00 bits per heavy atom. The lowest BCUT2D eigenvalue weighted by Crippen LogP contribution is -1.96. The van der Waals surface area contributed by atoms with Gasteiger partial charge < -0.3 is 4.55 Å². The fourth-order valence-electron chi connectivity index (χ4n) is 0. The van der Waals surface area contributed by atoms with Crippen LogP contribution in [-0.4, -0.2) is 13.8 Å². The molecule has 0 saturated carbocycles. The van der Waals surface area contributed by atoms with Crippen LogP contribution in [0.25, 0.3) is 0 Å². The summed E-state index contributed by atoms with van der Waals surface area (Å²) in [5.74, 6) is 0. The Morgan fingerprint density at radius 2 is 2.17 bits per heavy atom. The molecule has 0 spiro atoms. The van der Waals surface area contributed by atoms with Gasteiger partial charge in [-0.25, -0.2) is 0 Å². The van der Waals surface area contributed by atoms with Crippen molar-refractivity contribution >= 4 is 16.1 Å². The van der Waals surface area contributed by atoms with E-state index in [2.05, 4.69) is 0 Å². The van der Waals surface area contributed by atoms with Gasteiger partial charge in [0.25, 0.3) is 0 Å². The average Bonchev–Trinajstić information content (AvgIpc) is 1.36. The maximum Gasteiger partial charge on any atom is 0.0782 e. The first kappa shape index (κ1) is 5.78. The van der Waals surface area contributed by atoms with E-state index in [0.29, 0.717) is 0 Å². The molecule has 1 atom stereocenters. The maximum atomic E-state index is 9.47. The Labute approximate surface area is 38.2 Å². The van der Waals surface area contributed by atoms with Gasteiger partial charge in [-0.2, -0.15) is 0 Å². The molecular weight excluding hydrogens is 102 g/mol. The molecule has 0 heterocycles. The Bertz CT molecular complexity index is 77.5. The van der Waals surface area contributed by atoms with Crippen molar-refractivity contribution in [1.82, 2.24) is 0 Å². The third kappa shape index (κ3) is 2.04. The van der Waals surface area contributed by atoms with Crippen LogP contribution >= 0.6 is 0 Å². The largest absolute Gasteiger partial charge is 0.767 e. The van der Waals surface area contributed by atoms with Crippen LogP contribution in [0.3, 0.4) is 0 Å². The molecule has 0 bridgehead atoms. The Morgan fingerprint density at radius 3 is 2.17 bits per heavy atom. The van der Waals surface area contributed by atoms with E-state index in [1.165, 1.54) is 6.92 Å². The summed E-state index contributed by atoms with van der Waals surface area (Å²) >= 11 is -2.28. The monoisotopic (exact) mass is 106 g/mol. The van der Waals surface area contributed by atoms with Gasteiger partial charge in [0, 0.05) is 0 Å². The zero-order valence-corrected chi connectivity index (χ0v) is 4.04. The second-order valence-corrected chi connectivity index (χ2v) is 1.87. The summed E-state index contributed by atoms with van der Waals surface area (Å²) in [6, 6.07) is 0. The second kappa shape index (κ2) is 2.04. The highest BCUT2D eigenvalue weighted by Gasteiger charge is 1.77. The molecule has 0 saturated heterocycles. The minimum absolute atomic E-state index is 0.324. The number of hydrogen-bond acceptors (Lipinski definition) is 3. The molecule has 36 valence electrons. The van der Waals surface area contributed by atoms with Gasteiger partial charge in [0.15, 0.2) is 0 Å². The fraction of sp³-hybridized carbons (Fsp3) is 0.500. The minimum Gasteiger partial charge on any atom is -0.767 e. The summed E-state index contributed by atoms with van der Waals surface area (Å²) in [6.45, 7) is 1.21. The highest BCUT2D eigenvalue weighted by Crippen LogP contribution is 1.71. The maximum absolute atomic E-state index is 9.47. The molecule has 0 aromatic carbocycles. The molecule has 0 amide bonds. The van der Waals surface area contributed by atoms with Crippen molar-refractivity contribution in [2.45, 2.75) is 6.92 Å². The van der Waals surface area contributed by atoms with Crippen molar-refractivity contribution in [2.24, 2.45) is 0 Å². The zero-order chi connectivity index (χ0) is 5.15. The predicted molar refractivity (Wildman–Crippen MR) is 22.3 cm³/mol. The van der Waals surface area contributed by atoms with Gasteiger partial charge in [0.2, 0.25) is 0 Å². The van der Waals surface area contributed by atoms with E-state index in [4.69, 9.17) is 5.41 Å². The van der Waals surface area contributed by atoms with Crippen LogP contribution in [0.15, 0.2) is 0 Å². The summed E-state index contributed by atoms with van der Waals surface area (Å²) in [5, 5.41) is 6.01. The summed E-state index contributed by atoms with van der Waals surface area (Å²) in [6.07, 6.45) is 0. The molecule has 6 heavy (non-hydrogen) atoms. The van der Waals surface area contributed by atoms with Crippen LogP contribution in [0.5, 0.6) is 0 Å². The molecule has 1 N–H and O–H groups in total. The van der Waals surface area contributed by atoms with Gasteiger partial charge in [-0.3, -0.25) is 9.62 Å². The highest BCUT2D eigenvalue weighted by molar-refractivity contribution is 7.95. The first-order valence-corrected chi connectivity index (χ1v) is 2.36. The van der Waals surface area contributed by atoms with E-state index in [1.54, 1.807) is 0 Å². The molecule has 1 unspecified atom stereocenters. The van der Waals surface area contributed by atoms with Crippen LogP contribution in [0.2, 0.25) is 0 Å². The quantitative estimate of drug-likeness (QED) is 0.265. The summed E-state index contributed by atoms with van der Waals surface area (Å²) in [4.78, 5) is 0. The lowest BCUT2D eigenvalue weighted by Gasteiger charge is -1.96. The molecule has 0 aliphatic heterocycles. The standard InChI is InChI=1S/C2H5NO2S/c1-2(3)6(4)5/h3H,1H3,(H,4,5)/p-1. The predicted octanol–water partition coefficient (Wildman–Crippen LogP) is -0.137. The summed E-state index contributed by atoms with van der Waals surface area (Å²) < 4.78 is 18.9. The third-order valence-corrected chi connectivity index (χ3v) is 0.750. The first-order chi connectivity index (χ1) is 2.64. The Hall–Kier alpha value is -0.220. The van der Waals surface area contributed by atoms with Gasteiger partial charge in [-0.1, -0.05) is 0 Å². The molecule has 0 aromatic heterocycles. The van der Waals surface area contributed by atoms with Crippen molar-refractivity contribution in [3.8, 4) is 0 Å². The molecular formula is C2H4NO2S-. The molecule has 3 nitrogen and oxygen atoms in total. The molecule has 0 radical (unpaired) electrons. The van der Waals surface area contributed by atoms with E-state index in [1.807, 2.05) is 0 Å². The van der Waals surface area contributed by atoms with Crippen molar-refractivity contribution in [3.05, 3.63) is 0 Å². The van der Waals surface area contributed by atoms with Gasteiger partial charge >= 0.3 is 0 Å². The summed E-state index contributed by atoms with van der Waals surface area (Å²) in [5.41, 5.74) is 0. The molecule has 0 rings (SSSR count). The lowest BCUT2D eigenvalue weighted by molar-refractivity contribution is 0.549. The normalized spacial score (nSPS) is 13.7. The number of nitrogens with one attached hydrogen (secondary N) is 1. The SMILES string of the molecule is CC(=N)S(=O)[O-]. The van der Waals surface area contributed by atoms with Crippen molar-refractivity contribution < 1.29 is 8.76 Å². The molecule has 0 aliphatic carbocycles. The Kier molecular flexibility index (Phi) is 1.97. The molecule has 4 heteroatoms. The van der Waals surface area contributed by atoms with Crippen LogP contribution < -0.4 is 0 Å². The zero-order valence-electron chi connectivity index (χ0n) is 3.22. The molecule has 0 aliphatic rings. The van der Waals surface area contributed by atoms with E-state index < -0.39 is 11.1 Å². The smallest absolute Gasteiger partial charge is 0.0782 e. The molecule has 0 aromatic rings. The van der Waals surface area contributed by atoms with Crippen molar-refractivity contribution in [3.63, 3.8) is 0 Å². The van der Waals surface area contributed by atoms with Crippen molar-refractivity contribution in [1.29, 1.82) is 5.41 Å². The Balaban J connectivity index is 3.57. The second-order valence-electron chi connectivity index (χ2n) is 0.791. The minimum atomic E-state index is -2.28. The fourth-order valence-corrected chi connectivity index (χ4v) is 0. The van der Waals surface area contributed by atoms with E-state index in [0.717, 1.165) is 0 Å². The first-order valence-electron chi connectivity index (χ1n) is 1.29. The van der Waals surface area contributed by atoms with Crippen LogP contribution in [-0.2, 0) is 11.1 Å². The average molecular weight is 106 g/mol. The third-order valence-electron chi connectivity index (χ3n) is 0.250. The van der Waals surface area contributed by atoms with E-state index in [9.17, 15) is 8.76 Å². The highest BCUT2D eigenvalue weighted by atomic mass is 32.2. The number of rotatable bonds is 0. The molecule has 0 fully saturated rings. The van der Waals surface area contributed by atoms with E-state index >= 15 is 0 Å².